The third-order valence-electron chi connectivity index (χ3n) is 2.04. The second-order valence-electron chi connectivity index (χ2n) is 3.51. The third kappa shape index (κ3) is 5.14. The summed E-state index contributed by atoms with van der Waals surface area (Å²) >= 11 is -0.221. The predicted molar refractivity (Wildman–Crippen MR) is 61.0 cm³/mol. The molecular formula is C11H12F4O2S. The summed E-state index contributed by atoms with van der Waals surface area (Å²) in [5.41, 5.74) is -3.93. The Labute approximate surface area is 106 Å². The molecule has 18 heavy (non-hydrogen) atoms. The fraction of sp³-hybridized carbons (Fsp3) is 0.455. The van der Waals surface area contributed by atoms with Crippen LogP contribution in [0.2, 0.25) is 0 Å². The van der Waals surface area contributed by atoms with Gasteiger partial charge in [-0.3, -0.25) is 0 Å². The van der Waals surface area contributed by atoms with Gasteiger partial charge in [0.2, 0.25) is 0 Å². The predicted octanol–water partition coefficient (Wildman–Crippen LogP) is 3.51. The molecule has 1 N–H and O–H groups in total. The van der Waals surface area contributed by atoms with Crippen molar-refractivity contribution < 1.29 is 27.4 Å². The van der Waals surface area contributed by atoms with Crippen molar-refractivity contribution in [2.75, 3.05) is 12.4 Å². The standard InChI is InChI=1S/C11H12F4O2S/c1-7(16)8-2-3-10(9(12)6-8)17-4-5-18-11(13,14)15/h2-3,6-7,16H,4-5H2,1H3/t7-/m1/s1. The van der Waals surface area contributed by atoms with Crippen LogP contribution in [0.1, 0.15) is 18.6 Å². The van der Waals surface area contributed by atoms with Gasteiger partial charge in [0, 0.05) is 5.75 Å². The fourth-order valence-corrected chi connectivity index (χ4v) is 1.60. The molecule has 0 unspecified atom stereocenters. The Kier molecular flexibility index (Phi) is 5.28. The molecule has 0 aliphatic carbocycles. The first kappa shape index (κ1) is 15.1. The van der Waals surface area contributed by atoms with E-state index in [1.54, 1.807) is 0 Å². The quantitative estimate of drug-likeness (QED) is 0.662. The zero-order chi connectivity index (χ0) is 13.8. The summed E-state index contributed by atoms with van der Waals surface area (Å²) in [6.45, 7) is 1.24. The molecule has 0 spiro atoms. The van der Waals surface area contributed by atoms with Crippen molar-refractivity contribution in [3.8, 4) is 5.75 Å². The van der Waals surface area contributed by atoms with Crippen LogP contribution in [0, 0.1) is 5.82 Å². The summed E-state index contributed by atoms with van der Waals surface area (Å²) in [6, 6.07) is 3.84. The van der Waals surface area contributed by atoms with Gasteiger partial charge in [0.05, 0.1) is 12.7 Å². The smallest absolute Gasteiger partial charge is 0.441 e. The number of benzene rings is 1. The lowest BCUT2D eigenvalue weighted by Gasteiger charge is -2.10. The Morgan fingerprint density at radius 3 is 2.56 bits per heavy atom. The lowest BCUT2D eigenvalue weighted by Crippen LogP contribution is -2.08. The maximum atomic E-state index is 13.4. The second-order valence-corrected chi connectivity index (χ2v) is 4.67. The summed E-state index contributed by atoms with van der Waals surface area (Å²) in [6.07, 6.45) is -0.811. The first-order valence-electron chi connectivity index (χ1n) is 5.10. The Bertz CT molecular complexity index is 393. The van der Waals surface area contributed by atoms with Crippen molar-refractivity contribution in [1.82, 2.24) is 0 Å². The molecule has 1 rings (SSSR count). The number of hydrogen-bond donors (Lipinski definition) is 1. The van der Waals surface area contributed by atoms with Crippen molar-refractivity contribution in [3.63, 3.8) is 0 Å². The van der Waals surface area contributed by atoms with Crippen LogP contribution in [-0.4, -0.2) is 23.0 Å². The minimum Gasteiger partial charge on any atom is -0.490 e. The van der Waals surface area contributed by atoms with Gasteiger partial charge in [-0.2, -0.15) is 13.2 Å². The maximum absolute atomic E-state index is 13.4. The first-order chi connectivity index (χ1) is 8.29. The molecule has 7 heteroatoms. The molecule has 0 bridgehead atoms. The van der Waals surface area contributed by atoms with Gasteiger partial charge in [0.15, 0.2) is 11.6 Å². The van der Waals surface area contributed by atoms with Crippen LogP contribution in [0.15, 0.2) is 18.2 Å². The molecule has 0 aromatic heterocycles. The van der Waals surface area contributed by atoms with Crippen LogP contribution in [0.3, 0.4) is 0 Å². The minimum atomic E-state index is -4.31. The molecular weight excluding hydrogens is 272 g/mol. The molecule has 0 saturated carbocycles. The number of thioether (sulfide) groups is 1. The number of hydrogen-bond acceptors (Lipinski definition) is 3. The number of aliphatic hydroxyl groups excluding tert-OH is 1. The van der Waals surface area contributed by atoms with E-state index >= 15 is 0 Å². The summed E-state index contributed by atoms with van der Waals surface area (Å²) < 4.78 is 53.7. The molecule has 1 atom stereocenters. The zero-order valence-corrected chi connectivity index (χ0v) is 10.3. The molecule has 0 heterocycles. The molecule has 0 aliphatic rings. The molecule has 0 amide bonds. The molecule has 1 aromatic rings. The molecule has 0 fully saturated rings. The van der Waals surface area contributed by atoms with Crippen molar-refractivity contribution in [2.45, 2.75) is 18.5 Å². The van der Waals surface area contributed by atoms with Gasteiger partial charge in [-0.15, -0.1) is 0 Å². The second kappa shape index (κ2) is 6.29. The van der Waals surface area contributed by atoms with Gasteiger partial charge in [-0.25, -0.2) is 4.39 Å². The Morgan fingerprint density at radius 1 is 1.39 bits per heavy atom. The number of alkyl halides is 3. The van der Waals surface area contributed by atoms with Gasteiger partial charge in [0.1, 0.15) is 0 Å². The van der Waals surface area contributed by atoms with Crippen molar-refractivity contribution in [2.24, 2.45) is 0 Å². The zero-order valence-electron chi connectivity index (χ0n) is 9.50. The highest BCUT2D eigenvalue weighted by molar-refractivity contribution is 8.00. The van der Waals surface area contributed by atoms with Crippen LogP contribution >= 0.6 is 11.8 Å². The summed E-state index contributed by atoms with van der Waals surface area (Å²) in [5, 5.41) is 9.21. The Morgan fingerprint density at radius 2 is 2.06 bits per heavy atom. The van der Waals surface area contributed by atoms with Gasteiger partial charge >= 0.3 is 5.51 Å². The summed E-state index contributed by atoms with van der Waals surface area (Å²) in [7, 11) is 0. The van der Waals surface area contributed by atoms with Crippen molar-refractivity contribution in [1.29, 1.82) is 0 Å². The molecule has 0 aliphatic heterocycles. The summed E-state index contributed by atoms with van der Waals surface area (Å²) in [5.74, 6) is -1.13. The van der Waals surface area contributed by atoms with Crippen LogP contribution in [0.25, 0.3) is 0 Å². The first-order valence-corrected chi connectivity index (χ1v) is 6.09. The van der Waals surface area contributed by atoms with Gasteiger partial charge < -0.3 is 9.84 Å². The SMILES string of the molecule is C[C@@H](O)c1ccc(OCCSC(F)(F)F)c(F)c1. The highest BCUT2D eigenvalue weighted by Gasteiger charge is 2.27. The molecule has 102 valence electrons. The largest absolute Gasteiger partial charge is 0.490 e. The highest BCUT2D eigenvalue weighted by Crippen LogP contribution is 2.30. The van der Waals surface area contributed by atoms with E-state index in [9.17, 15) is 22.7 Å². The summed E-state index contributed by atoms with van der Waals surface area (Å²) in [4.78, 5) is 0. The topological polar surface area (TPSA) is 29.5 Å². The van der Waals surface area contributed by atoms with Crippen LogP contribution in [0.5, 0.6) is 5.75 Å². The maximum Gasteiger partial charge on any atom is 0.441 e. The molecule has 1 aromatic carbocycles. The van der Waals surface area contributed by atoms with Gasteiger partial charge in [0.25, 0.3) is 0 Å². The normalized spacial score (nSPS) is 13.4. The third-order valence-corrected chi connectivity index (χ3v) is 2.74. The van der Waals surface area contributed by atoms with Gasteiger partial charge in [-0.05, 0) is 36.4 Å². The molecule has 2 nitrogen and oxygen atoms in total. The van der Waals surface area contributed by atoms with E-state index in [0.717, 1.165) is 6.07 Å². The lowest BCUT2D eigenvalue weighted by atomic mass is 10.1. The fourth-order valence-electron chi connectivity index (χ4n) is 1.20. The van der Waals surface area contributed by atoms with Crippen molar-refractivity contribution >= 4 is 11.8 Å². The van der Waals surface area contributed by atoms with E-state index < -0.39 is 17.4 Å². The van der Waals surface area contributed by atoms with Crippen LogP contribution in [-0.2, 0) is 0 Å². The average molecular weight is 284 g/mol. The Balaban J connectivity index is 2.48. The number of aliphatic hydroxyl groups is 1. The number of rotatable bonds is 5. The van der Waals surface area contributed by atoms with E-state index in [1.165, 1.54) is 19.1 Å². The van der Waals surface area contributed by atoms with Crippen LogP contribution < -0.4 is 4.74 Å². The van der Waals surface area contributed by atoms with Crippen molar-refractivity contribution in [3.05, 3.63) is 29.6 Å². The highest BCUT2D eigenvalue weighted by atomic mass is 32.2. The molecule has 0 saturated heterocycles. The average Bonchev–Trinajstić information content (AvgIpc) is 2.24. The van der Waals surface area contributed by atoms with E-state index in [4.69, 9.17) is 4.74 Å². The van der Waals surface area contributed by atoms with E-state index in [-0.39, 0.29) is 29.9 Å². The van der Waals surface area contributed by atoms with Gasteiger partial charge in [-0.1, -0.05) is 6.07 Å². The van der Waals surface area contributed by atoms with E-state index in [0.29, 0.717) is 5.56 Å². The molecule has 0 radical (unpaired) electrons. The number of ether oxygens (including phenoxy) is 1. The Hall–Kier alpha value is -0.950. The minimum absolute atomic E-state index is 0.123. The van der Waals surface area contributed by atoms with E-state index in [1.807, 2.05) is 0 Å². The number of halogens is 4. The van der Waals surface area contributed by atoms with Crippen LogP contribution in [0.4, 0.5) is 17.6 Å². The lowest BCUT2D eigenvalue weighted by molar-refractivity contribution is -0.0329. The van der Waals surface area contributed by atoms with E-state index in [2.05, 4.69) is 0 Å². The monoisotopic (exact) mass is 284 g/mol.